The molecule has 3 atom stereocenters. The minimum atomic E-state index is -0.578. The summed E-state index contributed by atoms with van der Waals surface area (Å²) < 4.78 is 17.7. The van der Waals surface area contributed by atoms with Crippen LogP contribution < -0.4 is 0 Å². The van der Waals surface area contributed by atoms with Crippen molar-refractivity contribution in [2.75, 3.05) is 6.61 Å². The normalized spacial score (nSPS) is 31.2. The molecule has 0 unspecified atom stereocenters. The first-order chi connectivity index (χ1) is 11.7. The zero-order valence-electron chi connectivity index (χ0n) is 13.6. The third-order valence-electron chi connectivity index (χ3n) is 5.29. The fourth-order valence-electron chi connectivity index (χ4n) is 4.04. The molecule has 1 aromatic rings. The van der Waals surface area contributed by atoms with Gasteiger partial charge >= 0.3 is 5.97 Å². The van der Waals surface area contributed by atoms with Crippen LogP contribution in [0.1, 0.15) is 48.9 Å². The number of carbonyl (C=O) groups is 2. The fraction of sp³-hybridized carbons (Fsp3) is 0.579. The summed E-state index contributed by atoms with van der Waals surface area (Å²) in [5.41, 5.74) is 0.519. The van der Waals surface area contributed by atoms with Crippen LogP contribution in [0.3, 0.4) is 0 Å². The number of rotatable bonds is 3. The van der Waals surface area contributed by atoms with Crippen LogP contribution >= 0.6 is 0 Å². The second kappa shape index (κ2) is 6.30. The van der Waals surface area contributed by atoms with Crippen molar-refractivity contribution in [2.45, 2.75) is 56.5 Å². The van der Waals surface area contributed by atoms with Crippen LogP contribution in [0, 0.1) is 5.92 Å². The number of hydrogen-bond donors (Lipinski definition) is 0. The van der Waals surface area contributed by atoms with Crippen LogP contribution in [-0.2, 0) is 19.0 Å². The summed E-state index contributed by atoms with van der Waals surface area (Å²) >= 11 is 0. The summed E-state index contributed by atoms with van der Waals surface area (Å²) in [5, 5.41) is 0. The van der Waals surface area contributed by atoms with Crippen molar-refractivity contribution in [3.05, 3.63) is 35.9 Å². The molecule has 0 aromatic heterocycles. The topological polar surface area (TPSA) is 61.8 Å². The number of ketones is 1. The second-order valence-corrected chi connectivity index (χ2v) is 6.99. The number of esters is 1. The fourth-order valence-corrected chi connectivity index (χ4v) is 4.04. The molecular weight excluding hydrogens is 308 g/mol. The first-order valence-corrected chi connectivity index (χ1v) is 8.77. The molecule has 128 valence electrons. The predicted molar refractivity (Wildman–Crippen MR) is 85.4 cm³/mol. The van der Waals surface area contributed by atoms with E-state index in [4.69, 9.17) is 14.2 Å². The molecule has 4 rings (SSSR count). The summed E-state index contributed by atoms with van der Waals surface area (Å²) in [5.74, 6) is -0.983. The number of fused-ring (bicyclic) bond motifs is 1. The Labute approximate surface area is 141 Å². The summed E-state index contributed by atoms with van der Waals surface area (Å²) in [4.78, 5) is 24.4. The van der Waals surface area contributed by atoms with E-state index in [0.717, 1.165) is 25.7 Å². The van der Waals surface area contributed by atoms with Gasteiger partial charge in [-0.3, -0.25) is 4.79 Å². The van der Waals surface area contributed by atoms with Gasteiger partial charge in [0.25, 0.3) is 0 Å². The van der Waals surface area contributed by atoms with Gasteiger partial charge in [-0.15, -0.1) is 0 Å². The molecule has 3 fully saturated rings. The highest BCUT2D eigenvalue weighted by molar-refractivity contribution is 5.89. The van der Waals surface area contributed by atoms with Crippen LogP contribution in [0.5, 0.6) is 0 Å². The van der Waals surface area contributed by atoms with Crippen LogP contribution in [0.15, 0.2) is 30.3 Å². The summed E-state index contributed by atoms with van der Waals surface area (Å²) in [6.07, 6.45) is 4.63. The lowest BCUT2D eigenvalue weighted by molar-refractivity contribution is -0.202. The third kappa shape index (κ3) is 2.87. The van der Waals surface area contributed by atoms with Gasteiger partial charge in [0.2, 0.25) is 0 Å². The molecule has 5 nitrogen and oxygen atoms in total. The Kier molecular flexibility index (Phi) is 4.14. The maximum atomic E-state index is 12.3. The molecule has 0 radical (unpaired) electrons. The Morgan fingerprint density at radius 3 is 2.62 bits per heavy atom. The van der Waals surface area contributed by atoms with E-state index >= 15 is 0 Å². The van der Waals surface area contributed by atoms with Crippen LogP contribution in [0.4, 0.5) is 0 Å². The zero-order valence-corrected chi connectivity index (χ0v) is 13.6. The molecular formula is C19H22O5. The smallest absolute Gasteiger partial charge is 0.338 e. The minimum Gasteiger partial charge on any atom is -0.462 e. The van der Waals surface area contributed by atoms with E-state index in [-0.39, 0.29) is 30.4 Å². The van der Waals surface area contributed by atoms with Crippen molar-refractivity contribution < 1.29 is 23.8 Å². The molecule has 0 bridgehead atoms. The Balaban J connectivity index is 1.39. The quantitative estimate of drug-likeness (QED) is 0.798. The van der Waals surface area contributed by atoms with Gasteiger partial charge in [-0.05, 0) is 25.0 Å². The molecule has 3 aliphatic rings. The number of ether oxygens (including phenoxy) is 3. The molecule has 5 heteroatoms. The van der Waals surface area contributed by atoms with E-state index in [9.17, 15) is 9.59 Å². The zero-order chi connectivity index (χ0) is 16.6. The van der Waals surface area contributed by atoms with Crippen molar-refractivity contribution in [3.8, 4) is 0 Å². The molecule has 1 heterocycles. The van der Waals surface area contributed by atoms with Gasteiger partial charge in [0.05, 0.1) is 12.2 Å². The van der Waals surface area contributed by atoms with Crippen LogP contribution in [0.25, 0.3) is 0 Å². The average molecular weight is 330 g/mol. The van der Waals surface area contributed by atoms with Crippen molar-refractivity contribution >= 4 is 11.8 Å². The highest BCUT2D eigenvalue weighted by Gasteiger charge is 2.57. The molecule has 1 aliphatic heterocycles. The highest BCUT2D eigenvalue weighted by atomic mass is 16.8. The molecule has 0 N–H and O–H groups in total. The lowest BCUT2D eigenvalue weighted by atomic mass is 9.94. The Hall–Kier alpha value is -1.72. The number of Topliss-reactive ketones (excluding diaryl/α,β-unsaturated/α-hetero) is 1. The van der Waals surface area contributed by atoms with Gasteiger partial charge in [0.1, 0.15) is 12.2 Å². The maximum Gasteiger partial charge on any atom is 0.338 e. The van der Waals surface area contributed by atoms with E-state index in [2.05, 4.69) is 0 Å². The number of carbonyl (C=O) groups excluding carboxylic acids is 2. The Morgan fingerprint density at radius 2 is 1.88 bits per heavy atom. The third-order valence-corrected chi connectivity index (χ3v) is 5.29. The molecule has 2 saturated carbocycles. The van der Waals surface area contributed by atoms with Gasteiger partial charge in [-0.2, -0.15) is 0 Å². The standard InChI is InChI=1S/C19H22O5/c20-15-11-14(12-22-18(21)13-7-3-1-4-8-13)16-17(15)24-19(23-16)9-5-2-6-10-19/h1,3-4,7-8,14,16-17H,2,5-6,9-12H2/t14-,16-,17+/m1/s1. The van der Waals surface area contributed by atoms with E-state index in [1.54, 1.807) is 24.3 Å². The van der Waals surface area contributed by atoms with Crippen LogP contribution in [-0.4, -0.2) is 36.4 Å². The Bertz CT molecular complexity index is 620. The molecule has 1 aromatic carbocycles. The summed E-state index contributed by atoms with van der Waals surface area (Å²) in [6, 6.07) is 8.89. The van der Waals surface area contributed by atoms with Crippen molar-refractivity contribution in [2.24, 2.45) is 5.92 Å². The summed E-state index contributed by atoms with van der Waals surface area (Å²) in [7, 11) is 0. The Morgan fingerprint density at radius 1 is 1.12 bits per heavy atom. The number of hydrogen-bond acceptors (Lipinski definition) is 5. The second-order valence-electron chi connectivity index (χ2n) is 6.99. The molecule has 1 spiro atoms. The van der Waals surface area contributed by atoms with Gasteiger partial charge < -0.3 is 14.2 Å². The molecule has 24 heavy (non-hydrogen) atoms. The van der Waals surface area contributed by atoms with E-state index in [0.29, 0.717) is 12.0 Å². The highest BCUT2D eigenvalue weighted by Crippen LogP contribution is 2.46. The lowest BCUT2D eigenvalue weighted by Gasteiger charge is -2.33. The van der Waals surface area contributed by atoms with Crippen molar-refractivity contribution in [1.29, 1.82) is 0 Å². The average Bonchev–Trinajstić information content (AvgIpc) is 3.11. The minimum absolute atomic E-state index is 0.0724. The SMILES string of the molecule is O=C(OC[C@H]1CC(=O)[C@@H]2OC3(CCCCC3)O[C@H]12)c1ccccc1. The van der Waals surface area contributed by atoms with Crippen molar-refractivity contribution in [1.82, 2.24) is 0 Å². The van der Waals surface area contributed by atoms with E-state index in [1.165, 1.54) is 6.42 Å². The lowest BCUT2D eigenvalue weighted by Crippen LogP contribution is -2.35. The van der Waals surface area contributed by atoms with Gasteiger partial charge in [0, 0.05) is 25.2 Å². The van der Waals surface area contributed by atoms with Gasteiger partial charge in [-0.1, -0.05) is 24.6 Å². The maximum absolute atomic E-state index is 12.3. The largest absolute Gasteiger partial charge is 0.462 e. The molecule has 2 aliphatic carbocycles. The van der Waals surface area contributed by atoms with Crippen LogP contribution in [0.2, 0.25) is 0 Å². The monoisotopic (exact) mass is 330 g/mol. The van der Waals surface area contributed by atoms with Crippen molar-refractivity contribution in [3.63, 3.8) is 0 Å². The molecule has 0 amide bonds. The summed E-state index contributed by atoms with van der Waals surface area (Å²) in [6.45, 7) is 0.195. The van der Waals surface area contributed by atoms with E-state index in [1.807, 2.05) is 6.07 Å². The number of benzene rings is 1. The predicted octanol–water partition coefficient (Wildman–Crippen LogP) is 2.88. The van der Waals surface area contributed by atoms with Gasteiger partial charge in [0.15, 0.2) is 11.6 Å². The first kappa shape index (κ1) is 15.8. The van der Waals surface area contributed by atoms with Gasteiger partial charge in [-0.25, -0.2) is 4.79 Å². The first-order valence-electron chi connectivity index (χ1n) is 8.77. The molecule has 1 saturated heterocycles. The van der Waals surface area contributed by atoms with E-state index < -0.39 is 11.9 Å².